The van der Waals surface area contributed by atoms with Gasteiger partial charge < -0.3 is 10.7 Å². The van der Waals surface area contributed by atoms with Crippen LogP contribution in [0.1, 0.15) is 22.9 Å². The fraction of sp³-hybridized carbons (Fsp3) is 0.167. The molecule has 2 heterocycles. The number of hydrogen-bond acceptors (Lipinski definition) is 2. The Kier molecular flexibility index (Phi) is 3.76. The van der Waals surface area contributed by atoms with Gasteiger partial charge >= 0.3 is 0 Å². The summed E-state index contributed by atoms with van der Waals surface area (Å²) >= 11 is 12.4. The van der Waals surface area contributed by atoms with Gasteiger partial charge in [-0.25, -0.2) is 0 Å². The largest absolute Gasteiger partial charge is 0.368 e. The minimum absolute atomic E-state index is 0.247. The van der Waals surface area contributed by atoms with Crippen LogP contribution < -0.4 is 11.1 Å². The summed E-state index contributed by atoms with van der Waals surface area (Å²) in [6.45, 7) is 0. The first-order chi connectivity index (χ1) is 11.5. The molecule has 0 saturated carbocycles. The topological polar surface area (TPSA) is 70.9 Å². The number of para-hydroxylation sites is 1. The minimum atomic E-state index is -0.451. The Balaban J connectivity index is 1.92. The molecule has 4 nitrogen and oxygen atoms in total. The van der Waals surface area contributed by atoms with Crippen LogP contribution in [0.15, 0.2) is 42.5 Å². The Labute approximate surface area is 148 Å². The average molecular weight is 360 g/mol. The number of aromatic amines is 1. The third kappa shape index (κ3) is 2.47. The summed E-state index contributed by atoms with van der Waals surface area (Å²) in [5, 5.41) is 5.54. The van der Waals surface area contributed by atoms with Gasteiger partial charge in [0.15, 0.2) is 0 Å². The normalized spacial score (nSPS) is 20.1. The van der Waals surface area contributed by atoms with Gasteiger partial charge in [0.1, 0.15) is 0 Å². The first kappa shape index (κ1) is 15.5. The van der Waals surface area contributed by atoms with E-state index in [1.54, 1.807) is 12.1 Å². The zero-order valence-electron chi connectivity index (χ0n) is 12.6. The van der Waals surface area contributed by atoms with Crippen molar-refractivity contribution in [2.75, 3.05) is 0 Å². The molecule has 4 N–H and O–H groups in total. The number of rotatable bonds is 2. The summed E-state index contributed by atoms with van der Waals surface area (Å²) in [7, 11) is 0. The average Bonchev–Trinajstić information content (AvgIpc) is 2.93. The first-order valence-corrected chi connectivity index (χ1v) is 8.40. The second-order valence-corrected chi connectivity index (χ2v) is 6.83. The molecule has 0 fully saturated rings. The molecule has 3 aromatic rings. The third-order valence-electron chi connectivity index (χ3n) is 4.53. The van der Waals surface area contributed by atoms with E-state index in [9.17, 15) is 4.79 Å². The molecule has 1 aromatic heterocycles. The lowest BCUT2D eigenvalue weighted by Crippen LogP contribution is -2.48. The van der Waals surface area contributed by atoms with Gasteiger partial charge in [-0.05, 0) is 35.7 Å². The molecule has 0 radical (unpaired) electrons. The van der Waals surface area contributed by atoms with E-state index >= 15 is 0 Å². The molecule has 0 aliphatic carbocycles. The van der Waals surface area contributed by atoms with E-state index in [1.807, 2.05) is 24.3 Å². The molecule has 0 unspecified atom stereocenters. The lowest BCUT2D eigenvalue weighted by molar-refractivity contribution is -0.120. The Bertz CT molecular complexity index is 951. The number of H-pyrrole nitrogens is 1. The maximum Gasteiger partial charge on any atom is 0.234 e. The van der Waals surface area contributed by atoms with Crippen molar-refractivity contribution in [3.63, 3.8) is 0 Å². The van der Waals surface area contributed by atoms with Gasteiger partial charge in [-0.2, -0.15) is 0 Å². The van der Waals surface area contributed by atoms with Gasteiger partial charge in [-0.15, -0.1) is 0 Å². The first-order valence-electron chi connectivity index (χ1n) is 7.64. The number of nitrogens with two attached hydrogens (primary N) is 1. The molecule has 0 spiro atoms. The predicted octanol–water partition coefficient (Wildman–Crippen LogP) is 3.56. The van der Waals surface area contributed by atoms with Crippen molar-refractivity contribution in [3.05, 3.63) is 69.3 Å². The SMILES string of the molecule is NC(=O)[C@@H]1Cc2c([nH]c3ccccc23)[C@@H](c2ccc(Cl)cc2Cl)N1. The number of halogens is 2. The highest BCUT2D eigenvalue weighted by molar-refractivity contribution is 6.35. The highest BCUT2D eigenvalue weighted by Crippen LogP contribution is 2.38. The number of carbonyl (C=O) groups excluding carboxylic acids is 1. The van der Waals surface area contributed by atoms with Crippen LogP contribution in [0.4, 0.5) is 0 Å². The van der Waals surface area contributed by atoms with Crippen LogP contribution in [0, 0.1) is 0 Å². The second kappa shape index (κ2) is 5.81. The number of benzene rings is 2. The number of carbonyl (C=O) groups is 1. The van der Waals surface area contributed by atoms with E-state index < -0.39 is 6.04 Å². The molecule has 122 valence electrons. The number of primary amides is 1. The summed E-state index contributed by atoms with van der Waals surface area (Å²) < 4.78 is 0. The molecule has 6 heteroatoms. The zero-order chi connectivity index (χ0) is 16.8. The third-order valence-corrected chi connectivity index (χ3v) is 5.09. The zero-order valence-corrected chi connectivity index (χ0v) is 14.2. The fourth-order valence-corrected chi connectivity index (χ4v) is 3.92. The predicted molar refractivity (Wildman–Crippen MR) is 96.4 cm³/mol. The molecule has 2 aromatic carbocycles. The van der Waals surface area contributed by atoms with E-state index in [-0.39, 0.29) is 11.9 Å². The fourth-order valence-electron chi connectivity index (χ4n) is 3.40. The van der Waals surface area contributed by atoms with Gasteiger partial charge in [0, 0.05) is 26.6 Å². The van der Waals surface area contributed by atoms with Crippen LogP contribution in [0.5, 0.6) is 0 Å². The minimum Gasteiger partial charge on any atom is -0.368 e. The Morgan fingerprint density at radius 2 is 1.96 bits per heavy atom. The van der Waals surface area contributed by atoms with E-state index in [2.05, 4.69) is 16.4 Å². The van der Waals surface area contributed by atoms with Gasteiger partial charge in [0.2, 0.25) is 5.91 Å². The standard InChI is InChI=1S/C18H15Cl2N3O/c19-9-5-6-11(13(20)7-9)16-17-12(8-15(23-16)18(21)24)10-3-1-2-4-14(10)22-17/h1-7,15-16,22-23H,8H2,(H2,21,24)/t15-,16+/m0/s1. The van der Waals surface area contributed by atoms with Crippen LogP contribution in [-0.4, -0.2) is 16.9 Å². The maximum atomic E-state index is 11.8. The molecule has 4 rings (SSSR count). The molecule has 24 heavy (non-hydrogen) atoms. The van der Waals surface area contributed by atoms with Crippen LogP contribution in [0.2, 0.25) is 10.0 Å². The number of fused-ring (bicyclic) bond motifs is 3. The van der Waals surface area contributed by atoms with Crippen LogP contribution in [0.25, 0.3) is 10.9 Å². The van der Waals surface area contributed by atoms with Crippen molar-refractivity contribution < 1.29 is 4.79 Å². The van der Waals surface area contributed by atoms with Crippen LogP contribution in [0.3, 0.4) is 0 Å². The molecular weight excluding hydrogens is 345 g/mol. The van der Waals surface area contributed by atoms with E-state index in [0.29, 0.717) is 16.5 Å². The van der Waals surface area contributed by atoms with E-state index in [0.717, 1.165) is 27.7 Å². The Hall–Kier alpha value is -2.01. The molecule has 0 bridgehead atoms. The van der Waals surface area contributed by atoms with Crippen molar-refractivity contribution in [2.45, 2.75) is 18.5 Å². The number of aromatic nitrogens is 1. The number of nitrogens with one attached hydrogen (secondary N) is 2. The van der Waals surface area contributed by atoms with Crippen molar-refractivity contribution >= 4 is 40.0 Å². The molecule has 0 saturated heterocycles. The monoisotopic (exact) mass is 359 g/mol. The van der Waals surface area contributed by atoms with Crippen molar-refractivity contribution in [2.24, 2.45) is 5.73 Å². The highest BCUT2D eigenvalue weighted by atomic mass is 35.5. The molecular formula is C18H15Cl2N3O. The second-order valence-electron chi connectivity index (χ2n) is 5.99. The van der Waals surface area contributed by atoms with Crippen LogP contribution in [-0.2, 0) is 11.2 Å². The molecule has 1 aliphatic heterocycles. The van der Waals surface area contributed by atoms with Gasteiger partial charge in [0.05, 0.1) is 12.1 Å². The number of hydrogen-bond donors (Lipinski definition) is 3. The van der Waals surface area contributed by atoms with Crippen LogP contribution >= 0.6 is 23.2 Å². The number of amides is 1. The Morgan fingerprint density at radius 3 is 2.71 bits per heavy atom. The molecule has 2 atom stereocenters. The lowest BCUT2D eigenvalue weighted by atomic mass is 9.90. The molecule has 1 aliphatic rings. The van der Waals surface area contributed by atoms with Crippen molar-refractivity contribution in [1.29, 1.82) is 0 Å². The quantitative estimate of drug-likeness (QED) is 0.654. The van der Waals surface area contributed by atoms with Gasteiger partial charge in [-0.1, -0.05) is 47.5 Å². The van der Waals surface area contributed by atoms with E-state index in [1.165, 1.54) is 0 Å². The summed E-state index contributed by atoms with van der Waals surface area (Å²) in [6.07, 6.45) is 0.552. The highest BCUT2D eigenvalue weighted by Gasteiger charge is 2.33. The molecule has 1 amide bonds. The van der Waals surface area contributed by atoms with Gasteiger partial charge in [0.25, 0.3) is 0 Å². The van der Waals surface area contributed by atoms with Gasteiger partial charge in [-0.3, -0.25) is 10.1 Å². The summed E-state index contributed by atoms with van der Waals surface area (Å²) in [5.74, 6) is -0.374. The lowest BCUT2D eigenvalue weighted by Gasteiger charge is -2.30. The summed E-state index contributed by atoms with van der Waals surface area (Å²) in [5.41, 5.74) is 9.58. The summed E-state index contributed by atoms with van der Waals surface area (Å²) in [6, 6.07) is 12.7. The van der Waals surface area contributed by atoms with Crippen molar-refractivity contribution in [1.82, 2.24) is 10.3 Å². The van der Waals surface area contributed by atoms with Crippen molar-refractivity contribution in [3.8, 4) is 0 Å². The van der Waals surface area contributed by atoms with E-state index in [4.69, 9.17) is 28.9 Å². The Morgan fingerprint density at radius 1 is 1.17 bits per heavy atom. The maximum absolute atomic E-state index is 11.8. The smallest absolute Gasteiger partial charge is 0.234 e. The summed E-state index contributed by atoms with van der Waals surface area (Å²) in [4.78, 5) is 15.3.